The molecule has 0 bridgehead atoms. The summed E-state index contributed by atoms with van der Waals surface area (Å²) in [5.74, 6) is -0.578. The van der Waals surface area contributed by atoms with Crippen LogP contribution in [-0.4, -0.2) is 22.8 Å². The molecule has 0 fully saturated rings. The van der Waals surface area contributed by atoms with E-state index >= 15 is 0 Å². The van der Waals surface area contributed by atoms with E-state index in [1.165, 1.54) is 12.1 Å². The summed E-state index contributed by atoms with van der Waals surface area (Å²) in [6, 6.07) is 24.5. The number of hydrogen-bond donors (Lipinski definition) is 2. The van der Waals surface area contributed by atoms with E-state index in [9.17, 15) is 18.3 Å². The molecular weight excluding hydrogens is 462 g/mol. The normalized spacial score (nSPS) is 11.5. The monoisotopic (exact) mass is 479 g/mol. The van der Waals surface area contributed by atoms with Crippen LogP contribution < -0.4 is 10.4 Å². The van der Waals surface area contributed by atoms with Crippen LogP contribution in [-0.2, 0) is 10.0 Å². The van der Waals surface area contributed by atoms with Crippen LogP contribution in [0.2, 0.25) is 0 Å². The van der Waals surface area contributed by atoms with Crippen molar-refractivity contribution in [3.63, 3.8) is 0 Å². The van der Waals surface area contributed by atoms with Crippen LogP contribution in [0.5, 0.6) is 5.88 Å². The summed E-state index contributed by atoms with van der Waals surface area (Å²) < 4.78 is 27.2. The summed E-state index contributed by atoms with van der Waals surface area (Å²) in [6.45, 7) is 0. The Hall–Kier alpha value is -4.09. The summed E-state index contributed by atoms with van der Waals surface area (Å²) in [4.78, 5) is 15.3. The molecule has 3 aromatic carbocycles. The highest BCUT2D eigenvalue weighted by Crippen LogP contribution is 2.28. The number of benzene rings is 3. The lowest BCUT2D eigenvalue weighted by molar-refractivity contribution is 0.431. The minimum atomic E-state index is -4.17. The van der Waals surface area contributed by atoms with E-state index in [2.05, 4.69) is 15.1 Å². The summed E-state index contributed by atoms with van der Waals surface area (Å²) in [6.07, 6.45) is 0. The van der Waals surface area contributed by atoms with Crippen molar-refractivity contribution in [2.75, 3.05) is 4.83 Å². The Kier molecular flexibility index (Phi) is 6.16. The molecule has 0 aliphatic heterocycles. The SMILES string of the molecule is O=c1c(N=Nc2ccccc2)c(O)n(-c2ccccc2)c(=S)n1NS(=O)(=O)c1ccccc1. The van der Waals surface area contributed by atoms with Gasteiger partial charge in [-0.2, -0.15) is 18.2 Å². The number of para-hydroxylation sites is 1. The molecular formula is C22H17N5O4S2. The highest BCUT2D eigenvalue weighted by atomic mass is 32.2. The fourth-order valence-corrected chi connectivity index (χ4v) is 4.35. The average molecular weight is 480 g/mol. The fraction of sp³-hybridized carbons (Fsp3) is 0. The van der Waals surface area contributed by atoms with Gasteiger partial charge in [0.25, 0.3) is 10.0 Å². The van der Waals surface area contributed by atoms with Gasteiger partial charge in [0.05, 0.1) is 16.3 Å². The Morgan fingerprint density at radius 3 is 1.97 bits per heavy atom. The average Bonchev–Trinajstić information content (AvgIpc) is 2.84. The van der Waals surface area contributed by atoms with Crippen molar-refractivity contribution in [1.82, 2.24) is 9.24 Å². The standard InChI is InChI=1S/C22H17N5O4S2/c28-20-19(24-23-16-10-4-1-5-11-16)21(29)27(22(32)26(20)17-12-6-2-7-13-17)25-33(30,31)18-14-8-3-9-15-18/h1-15,25,28H. The predicted molar refractivity (Wildman–Crippen MR) is 126 cm³/mol. The lowest BCUT2D eigenvalue weighted by Crippen LogP contribution is -2.35. The molecule has 0 saturated heterocycles. The number of hydrogen-bond acceptors (Lipinski definition) is 7. The molecule has 0 unspecified atom stereocenters. The molecule has 0 aliphatic carbocycles. The first-order valence-corrected chi connectivity index (χ1v) is 11.5. The van der Waals surface area contributed by atoms with E-state index in [0.717, 1.165) is 4.57 Å². The van der Waals surface area contributed by atoms with Crippen LogP contribution in [0, 0.1) is 4.77 Å². The summed E-state index contributed by atoms with van der Waals surface area (Å²) in [5, 5.41) is 18.8. The largest absolute Gasteiger partial charge is 0.492 e. The second-order valence-corrected chi connectivity index (χ2v) is 8.74. The Morgan fingerprint density at radius 2 is 1.36 bits per heavy atom. The number of sulfonamides is 1. The first kappa shape index (κ1) is 22.1. The summed E-state index contributed by atoms with van der Waals surface area (Å²) in [5.41, 5.74) is -0.652. The summed E-state index contributed by atoms with van der Waals surface area (Å²) >= 11 is 5.37. The van der Waals surface area contributed by atoms with Crippen molar-refractivity contribution in [2.45, 2.75) is 4.90 Å². The van der Waals surface area contributed by atoms with Gasteiger partial charge in [0, 0.05) is 0 Å². The molecule has 1 heterocycles. The smallest absolute Gasteiger partial charge is 0.305 e. The topological polar surface area (TPSA) is 118 Å². The van der Waals surface area contributed by atoms with Crippen molar-refractivity contribution >= 4 is 33.6 Å². The van der Waals surface area contributed by atoms with Crippen molar-refractivity contribution in [1.29, 1.82) is 0 Å². The van der Waals surface area contributed by atoms with Crippen molar-refractivity contribution in [2.24, 2.45) is 10.2 Å². The molecule has 1 aromatic heterocycles. The van der Waals surface area contributed by atoms with Gasteiger partial charge in [0.2, 0.25) is 16.3 Å². The molecule has 0 aliphatic rings. The third-order valence-corrected chi connectivity index (χ3v) is 6.19. The van der Waals surface area contributed by atoms with Gasteiger partial charge in [0.1, 0.15) is 0 Å². The quantitative estimate of drug-likeness (QED) is 0.313. The lowest BCUT2D eigenvalue weighted by Gasteiger charge is -2.16. The highest BCUT2D eigenvalue weighted by Gasteiger charge is 2.22. The Morgan fingerprint density at radius 1 is 0.818 bits per heavy atom. The Bertz CT molecular complexity index is 1530. The molecule has 11 heteroatoms. The van der Waals surface area contributed by atoms with Gasteiger partial charge < -0.3 is 5.11 Å². The van der Waals surface area contributed by atoms with E-state index in [4.69, 9.17) is 12.2 Å². The molecule has 0 amide bonds. The van der Waals surface area contributed by atoms with Crippen LogP contribution in [0.1, 0.15) is 0 Å². The number of rotatable bonds is 6. The molecule has 9 nitrogen and oxygen atoms in total. The maximum atomic E-state index is 13.2. The minimum absolute atomic E-state index is 0.0712. The Balaban J connectivity index is 1.93. The Labute approximate surface area is 194 Å². The molecule has 4 rings (SSSR count). The molecule has 33 heavy (non-hydrogen) atoms. The fourth-order valence-electron chi connectivity index (χ4n) is 2.94. The van der Waals surface area contributed by atoms with Gasteiger partial charge in [-0.05, 0) is 48.6 Å². The van der Waals surface area contributed by atoms with Crippen molar-refractivity contribution < 1.29 is 13.5 Å². The molecule has 2 N–H and O–H groups in total. The minimum Gasteiger partial charge on any atom is -0.492 e. The lowest BCUT2D eigenvalue weighted by atomic mass is 10.3. The maximum Gasteiger partial charge on any atom is 0.305 e. The number of aromatic hydroxyl groups is 1. The molecule has 0 saturated carbocycles. The number of aromatic nitrogens is 2. The van der Waals surface area contributed by atoms with Gasteiger partial charge in [-0.3, -0.25) is 9.36 Å². The van der Waals surface area contributed by atoms with E-state index < -0.39 is 27.1 Å². The number of nitrogens with one attached hydrogen (secondary N) is 1. The third kappa shape index (κ3) is 4.59. The van der Waals surface area contributed by atoms with Crippen LogP contribution >= 0.6 is 12.2 Å². The van der Waals surface area contributed by atoms with Crippen LogP contribution in [0.15, 0.2) is 111 Å². The van der Waals surface area contributed by atoms with Gasteiger partial charge in [-0.25, -0.2) is 4.83 Å². The van der Waals surface area contributed by atoms with Crippen LogP contribution in [0.4, 0.5) is 11.4 Å². The first-order valence-electron chi connectivity index (χ1n) is 9.59. The van der Waals surface area contributed by atoms with E-state index in [1.807, 2.05) is 0 Å². The molecule has 4 aromatic rings. The zero-order valence-corrected chi connectivity index (χ0v) is 18.6. The highest BCUT2D eigenvalue weighted by molar-refractivity contribution is 7.92. The molecule has 0 radical (unpaired) electrons. The van der Waals surface area contributed by atoms with Gasteiger partial charge in [-0.1, -0.05) is 54.6 Å². The van der Waals surface area contributed by atoms with Gasteiger partial charge >= 0.3 is 5.56 Å². The molecule has 0 atom stereocenters. The second kappa shape index (κ2) is 9.18. The van der Waals surface area contributed by atoms with E-state index in [0.29, 0.717) is 16.1 Å². The van der Waals surface area contributed by atoms with Gasteiger partial charge in [0.15, 0.2) is 0 Å². The molecule has 0 spiro atoms. The zero-order chi connectivity index (χ0) is 23.4. The third-order valence-electron chi connectivity index (χ3n) is 4.51. The van der Waals surface area contributed by atoms with E-state index in [1.54, 1.807) is 78.9 Å². The van der Waals surface area contributed by atoms with E-state index in [-0.39, 0.29) is 9.67 Å². The van der Waals surface area contributed by atoms with Crippen LogP contribution in [0.3, 0.4) is 0 Å². The number of azo groups is 1. The summed E-state index contributed by atoms with van der Waals surface area (Å²) in [7, 11) is -4.17. The maximum absolute atomic E-state index is 13.2. The first-order chi connectivity index (χ1) is 15.9. The number of nitrogens with zero attached hydrogens (tertiary/aromatic N) is 4. The second-order valence-electron chi connectivity index (χ2n) is 6.71. The van der Waals surface area contributed by atoms with Crippen molar-refractivity contribution in [3.05, 3.63) is 106 Å². The van der Waals surface area contributed by atoms with Crippen LogP contribution in [0.25, 0.3) is 5.69 Å². The van der Waals surface area contributed by atoms with Gasteiger partial charge in [-0.15, -0.1) is 5.11 Å². The zero-order valence-electron chi connectivity index (χ0n) is 16.9. The van der Waals surface area contributed by atoms with Crippen molar-refractivity contribution in [3.8, 4) is 11.6 Å². The molecule has 166 valence electrons. The predicted octanol–water partition coefficient (Wildman–Crippen LogP) is 4.42.